The number of halogens is 4. The van der Waals surface area contributed by atoms with Crippen LogP contribution in [0, 0.1) is 17.7 Å². The van der Waals surface area contributed by atoms with E-state index in [1.807, 2.05) is 32.0 Å². The topological polar surface area (TPSA) is 113 Å². The first-order valence-corrected chi connectivity index (χ1v) is 15.3. The number of alkyl halides is 3. The standard InChI is InChI=1S/C34H34F4N6O3/c1-20(2)14-15-33(22-9-11-23(35)12-10-22)31(46)44(32(39)41-33)17-21-8-13-27(34(36,37)38)25(16-21)30(45)43-18-26-28(19-43)47-42-29(26)40-24-6-4-3-5-7-24/h3-13,16,20,26,28H,14-15,17-19H2,1-2H3,(H2,39,41)(H,40,42)/t26-,28+,33?/m1/s1. The van der Waals surface area contributed by atoms with Crippen LogP contribution < -0.4 is 11.2 Å². The first-order valence-electron chi connectivity index (χ1n) is 15.3. The van der Waals surface area contributed by atoms with E-state index in [1.165, 1.54) is 40.1 Å². The molecule has 2 amide bonds. The van der Waals surface area contributed by atoms with Gasteiger partial charge < -0.3 is 10.6 Å². The Labute approximate surface area is 269 Å². The second kappa shape index (κ2) is 12.4. The molecule has 3 N–H and O–H groups in total. The molecule has 0 radical (unpaired) electrons. The lowest BCUT2D eigenvalue weighted by molar-refractivity contribution is -0.138. The zero-order valence-electron chi connectivity index (χ0n) is 25.8. The van der Waals surface area contributed by atoms with Gasteiger partial charge in [0.1, 0.15) is 17.8 Å². The van der Waals surface area contributed by atoms with Crippen LogP contribution in [0.2, 0.25) is 0 Å². The maximum atomic E-state index is 14.2. The lowest BCUT2D eigenvalue weighted by Gasteiger charge is -2.27. The van der Waals surface area contributed by atoms with Crippen LogP contribution in [0.4, 0.5) is 23.2 Å². The maximum absolute atomic E-state index is 14.2. The number of amides is 2. The summed E-state index contributed by atoms with van der Waals surface area (Å²) in [5, 5.41) is 0. The van der Waals surface area contributed by atoms with Crippen LogP contribution in [0.25, 0.3) is 0 Å². The highest BCUT2D eigenvalue weighted by Gasteiger charge is 2.49. The molecule has 3 heterocycles. The molecular weight excluding hydrogens is 616 g/mol. The number of hydrogen-bond donors (Lipinski definition) is 2. The van der Waals surface area contributed by atoms with Crippen molar-refractivity contribution < 1.29 is 32.0 Å². The molecule has 2 fully saturated rings. The van der Waals surface area contributed by atoms with E-state index in [0.29, 0.717) is 29.9 Å². The average Bonchev–Trinajstić information content (AvgIpc) is 3.69. The molecule has 3 aliphatic heterocycles. The van der Waals surface area contributed by atoms with Crippen LogP contribution in [0.3, 0.4) is 0 Å². The Bertz CT molecular complexity index is 1730. The molecule has 3 atom stereocenters. The summed E-state index contributed by atoms with van der Waals surface area (Å²) in [6.07, 6.45) is -4.38. The summed E-state index contributed by atoms with van der Waals surface area (Å²) in [6.45, 7) is 3.94. The van der Waals surface area contributed by atoms with Crippen molar-refractivity contribution in [2.24, 2.45) is 27.6 Å². The molecule has 3 aliphatic rings. The molecule has 2 saturated heterocycles. The van der Waals surface area contributed by atoms with Crippen LogP contribution in [0.5, 0.6) is 0 Å². The monoisotopic (exact) mass is 650 g/mol. The number of likely N-dealkylation sites (tertiary alicyclic amines) is 1. The number of hydroxylamine groups is 1. The number of benzene rings is 3. The highest BCUT2D eigenvalue weighted by Crippen LogP contribution is 2.40. The third-order valence-electron chi connectivity index (χ3n) is 8.77. The largest absolute Gasteiger partial charge is 0.417 e. The van der Waals surface area contributed by atoms with Gasteiger partial charge in [-0.25, -0.2) is 14.4 Å². The van der Waals surface area contributed by atoms with Gasteiger partial charge in [0.15, 0.2) is 11.5 Å². The number of aliphatic imine (C=N–C) groups is 2. The molecule has 0 bridgehead atoms. The smallest absolute Gasteiger partial charge is 0.369 e. The maximum Gasteiger partial charge on any atom is 0.417 e. The van der Waals surface area contributed by atoms with Crippen molar-refractivity contribution in [2.45, 2.75) is 51.1 Å². The lowest BCUT2D eigenvalue weighted by atomic mass is 9.83. The minimum atomic E-state index is -4.81. The van der Waals surface area contributed by atoms with Gasteiger partial charge in [0.05, 0.1) is 35.8 Å². The SMILES string of the molecule is CC(C)CCC1(c2ccc(F)cc2)N=C(N)N(Cc2ccc(C(F)(F)F)c(C(=O)N3C[C@@H]4ONC(=Nc5ccccc5)[C@@H]4C3)c2)C1=O. The van der Waals surface area contributed by atoms with Crippen LogP contribution in [-0.2, 0) is 27.9 Å². The Balaban J connectivity index is 1.27. The van der Waals surface area contributed by atoms with Crippen molar-refractivity contribution in [1.29, 1.82) is 0 Å². The number of amidine groups is 1. The summed E-state index contributed by atoms with van der Waals surface area (Å²) in [5.41, 5.74) is 7.41. The zero-order chi connectivity index (χ0) is 33.5. The van der Waals surface area contributed by atoms with Gasteiger partial charge in [0, 0.05) is 6.54 Å². The fraction of sp³-hybridized carbons (Fsp3) is 0.353. The number of guanidine groups is 1. The predicted octanol–water partition coefficient (Wildman–Crippen LogP) is 5.54. The van der Waals surface area contributed by atoms with Gasteiger partial charge in [0.2, 0.25) is 0 Å². The molecule has 0 aliphatic carbocycles. The van der Waals surface area contributed by atoms with Crippen LogP contribution in [0.15, 0.2) is 82.8 Å². The fourth-order valence-corrected chi connectivity index (χ4v) is 6.25. The second-order valence-electron chi connectivity index (χ2n) is 12.4. The molecule has 1 unspecified atom stereocenters. The summed E-state index contributed by atoms with van der Waals surface area (Å²) in [6, 6.07) is 17.8. The van der Waals surface area contributed by atoms with Gasteiger partial charge in [-0.15, -0.1) is 0 Å². The highest BCUT2D eigenvalue weighted by molar-refractivity contribution is 6.07. The van der Waals surface area contributed by atoms with Gasteiger partial charge in [-0.2, -0.15) is 13.2 Å². The molecule has 0 aromatic heterocycles. The summed E-state index contributed by atoms with van der Waals surface area (Å²) in [4.78, 5) is 45.0. The average molecular weight is 651 g/mol. The second-order valence-corrected chi connectivity index (χ2v) is 12.4. The molecule has 6 rings (SSSR count). The van der Waals surface area contributed by atoms with Crippen molar-refractivity contribution in [2.75, 3.05) is 13.1 Å². The number of rotatable bonds is 8. The molecule has 3 aromatic rings. The number of nitrogens with one attached hydrogen (secondary N) is 1. The van der Waals surface area contributed by atoms with E-state index in [2.05, 4.69) is 15.5 Å². The summed E-state index contributed by atoms with van der Waals surface area (Å²) < 4.78 is 56.4. The zero-order valence-corrected chi connectivity index (χ0v) is 25.8. The van der Waals surface area contributed by atoms with Gasteiger partial charge in [-0.1, -0.05) is 50.2 Å². The van der Waals surface area contributed by atoms with Crippen molar-refractivity contribution in [1.82, 2.24) is 15.3 Å². The van der Waals surface area contributed by atoms with E-state index in [0.717, 1.165) is 12.1 Å². The molecule has 0 saturated carbocycles. The van der Waals surface area contributed by atoms with Crippen LogP contribution in [0.1, 0.15) is 53.7 Å². The van der Waals surface area contributed by atoms with Gasteiger partial charge in [-0.3, -0.25) is 24.8 Å². The van der Waals surface area contributed by atoms with Gasteiger partial charge in [0.25, 0.3) is 11.8 Å². The van der Waals surface area contributed by atoms with Crippen molar-refractivity contribution in [3.8, 4) is 0 Å². The first kappa shape index (κ1) is 32.2. The molecule has 0 spiro atoms. The minimum absolute atomic E-state index is 0.0616. The molecule has 246 valence electrons. The van der Waals surface area contributed by atoms with Crippen molar-refractivity contribution in [3.05, 3.63) is 101 Å². The Morgan fingerprint density at radius 3 is 2.51 bits per heavy atom. The van der Waals surface area contributed by atoms with Gasteiger partial charge >= 0.3 is 6.18 Å². The summed E-state index contributed by atoms with van der Waals surface area (Å²) in [5.74, 6) is -1.51. The van der Waals surface area contributed by atoms with Crippen LogP contribution >= 0.6 is 0 Å². The number of hydrogen-bond acceptors (Lipinski definition) is 6. The van der Waals surface area contributed by atoms with Crippen molar-refractivity contribution in [3.63, 3.8) is 0 Å². The first-order chi connectivity index (χ1) is 22.4. The summed E-state index contributed by atoms with van der Waals surface area (Å²) in [7, 11) is 0. The number of carbonyl (C=O) groups is 2. The Morgan fingerprint density at radius 1 is 1.11 bits per heavy atom. The van der Waals surface area contributed by atoms with E-state index in [1.54, 1.807) is 12.1 Å². The number of para-hydroxylation sites is 1. The predicted molar refractivity (Wildman–Crippen MR) is 167 cm³/mol. The molecule has 9 nitrogen and oxygen atoms in total. The van der Waals surface area contributed by atoms with Crippen LogP contribution in [-0.4, -0.2) is 52.6 Å². The third-order valence-corrected chi connectivity index (χ3v) is 8.77. The number of carbonyl (C=O) groups excluding carboxylic acids is 2. The molecule has 13 heteroatoms. The lowest BCUT2D eigenvalue weighted by Crippen LogP contribution is -2.42. The van der Waals surface area contributed by atoms with E-state index < -0.39 is 46.6 Å². The Kier molecular flexibility index (Phi) is 8.51. The molecule has 3 aromatic carbocycles. The Hall–Kier alpha value is -4.78. The van der Waals surface area contributed by atoms with E-state index >= 15 is 0 Å². The third kappa shape index (κ3) is 6.31. The van der Waals surface area contributed by atoms with Crippen molar-refractivity contribution >= 4 is 29.3 Å². The number of nitrogens with zero attached hydrogens (tertiary/aromatic N) is 4. The number of nitrogens with two attached hydrogens (primary N) is 1. The van der Waals surface area contributed by atoms with Gasteiger partial charge in [-0.05, 0) is 66.3 Å². The van der Waals surface area contributed by atoms with E-state index in [9.17, 15) is 27.2 Å². The summed E-state index contributed by atoms with van der Waals surface area (Å²) >= 11 is 0. The van der Waals surface area contributed by atoms with E-state index in [4.69, 9.17) is 10.6 Å². The Morgan fingerprint density at radius 2 is 1.83 bits per heavy atom. The van der Waals surface area contributed by atoms with E-state index in [-0.39, 0.29) is 43.0 Å². The molecular formula is C34H34F4N6O3. The number of fused-ring (bicyclic) bond motifs is 1. The fourth-order valence-electron chi connectivity index (χ4n) is 6.25. The molecule has 47 heavy (non-hydrogen) atoms. The quantitative estimate of drug-likeness (QED) is 0.311. The normalized spacial score (nSPS) is 23.4. The highest BCUT2D eigenvalue weighted by atomic mass is 19.4. The minimum Gasteiger partial charge on any atom is -0.369 e.